The second-order valence-corrected chi connectivity index (χ2v) is 7.48. The van der Waals surface area contributed by atoms with Crippen LogP contribution in [-0.2, 0) is 0 Å². The molecule has 2 nitrogen and oxygen atoms in total. The van der Waals surface area contributed by atoms with Gasteiger partial charge in [-0.05, 0) is 52.7 Å². The number of benzene rings is 1. The summed E-state index contributed by atoms with van der Waals surface area (Å²) < 4.78 is 60.3. The van der Waals surface area contributed by atoms with Crippen molar-refractivity contribution in [3.8, 4) is 0 Å². The van der Waals surface area contributed by atoms with E-state index in [-0.39, 0.29) is 31.7 Å². The highest BCUT2D eigenvalue weighted by molar-refractivity contribution is 9.18. The van der Waals surface area contributed by atoms with Gasteiger partial charge in [0.05, 0.1) is 10.2 Å². The molecule has 2 aliphatic rings. The van der Waals surface area contributed by atoms with E-state index in [9.17, 15) is 8.78 Å². The molecule has 0 unspecified atom stereocenters. The molecule has 0 aliphatic carbocycles. The largest absolute Gasteiger partial charge is 0.738 e. The summed E-state index contributed by atoms with van der Waals surface area (Å²) in [5.74, 6) is -1.45. The predicted octanol–water partition coefficient (Wildman–Crippen LogP) is 5.21. The SMILES string of the molecule is Cc1c(F)cc(C2=C3C=CC(Br)=[N+]3[B-](F)(F)n3c(Br)ccc32)cc1F. The van der Waals surface area contributed by atoms with Crippen LogP contribution in [0.2, 0.25) is 0 Å². The molecule has 0 bridgehead atoms. The highest BCUT2D eigenvalue weighted by Gasteiger charge is 2.54. The van der Waals surface area contributed by atoms with Crippen LogP contribution in [0.15, 0.2) is 46.7 Å². The molecular formula is C16H9BBr2F4N2. The summed E-state index contributed by atoms with van der Waals surface area (Å²) in [5.41, 5.74) is 0.811. The van der Waals surface area contributed by atoms with Gasteiger partial charge in [-0.2, -0.15) is 0 Å². The van der Waals surface area contributed by atoms with Crippen LogP contribution in [0.4, 0.5) is 17.4 Å². The predicted molar refractivity (Wildman–Crippen MR) is 96.0 cm³/mol. The van der Waals surface area contributed by atoms with Gasteiger partial charge in [-0.15, -0.1) is 0 Å². The Morgan fingerprint density at radius 2 is 1.68 bits per heavy atom. The molecule has 0 saturated heterocycles. The first-order valence-electron chi connectivity index (χ1n) is 7.33. The average Bonchev–Trinajstić information content (AvgIpc) is 3.10. The van der Waals surface area contributed by atoms with E-state index < -0.39 is 18.6 Å². The van der Waals surface area contributed by atoms with Crippen molar-refractivity contribution < 1.29 is 21.9 Å². The van der Waals surface area contributed by atoms with E-state index in [0.29, 0.717) is 5.57 Å². The van der Waals surface area contributed by atoms with Gasteiger partial charge >= 0.3 is 6.97 Å². The summed E-state index contributed by atoms with van der Waals surface area (Å²) in [6, 6.07) is 5.34. The van der Waals surface area contributed by atoms with Crippen molar-refractivity contribution >= 4 is 49.0 Å². The van der Waals surface area contributed by atoms with E-state index in [1.807, 2.05) is 0 Å². The molecule has 0 radical (unpaired) electrons. The number of hydrogen-bond donors (Lipinski definition) is 0. The molecule has 2 aromatic rings. The number of halogens is 6. The highest BCUT2D eigenvalue weighted by atomic mass is 79.9. The average molecular weight is 476 g/mol. The molecule has 0 spiro atoms. The molecule has 0 atom stereocenters. The number of hydrogen-bond acceptors (Lipinski definition) is 0. The lowest BCUT2D eigenvalue weighted by Gasteiger charge is -2.32. The Morgan fingerprint density at radius 3 is 2.32 bits per heavy atom. The molecule has 25 heavy (non-hydrogen) atoms. The smallest absolute Gasteiger partial charge is 0.389 e. The maximum atomic E-state index is 15.1. The van der Waals surface area contributed by atoms with Crippen LogP contribution in [0, 0.1) is 18.6 Å². The molecule has 3 heterocycles. The molecule has 1 aromatic heterocycles. The minimum absolute atomic E-state index is 0.108. The Balaban J connectivity index is 2.11. The summed E-state index contributed by atoms with van der Waals surface area (Å²) in [6.45, 7) is -2.83. The number of fused-ring (bicyclic) bond motifs is 2. The second-order valence-electron chi connectivity index (χ2n) is 5.85. The Labute approximate surface area is 157 Å². The standard InChI is InChI=1S/C16H9BBr2F4N2/c1-8-10(20)6-9(7-11(8)21)16-12-2-4-14(18)24(12)17(22,23)25-13(16)3-5-15(25)19/h2-7H,1H3. The number of allylic oxidation sites excluding steroid dienone is 2. The summed E-state index contributed by atoms with van der Waals surface area (Å²) >= 11 is 6.28. The molecule has 9 heteroatoms. The van der Waals surface area contributed by atoms with Crippen LogP contribution >= 0.6 is 31.9 Å². The first kappa shape index (κ1) is 16.8. The fraction of sp³-hybridized carbons (Fsp3) is 0.0625. The molecule has 0 fully saturated rings. The fourth-order valence-electron chi connectivity index (χ4n) is 3.22. The third kappa shape index (κ3) is 2.25. The van der Waals surface area contributed by atoms with E-state index in [1.54, 1.807) is 0 Å². The fourth-order valence-corrected chi connectivity index (χ4v) is 4.36. The van der Waals surface area contributed by atoms with Crippen LogP contribution in [0.5, 0.6) is 0 Å². The zero-order valence-corrected chi connectivity index (χ0v) is 15.9. The van der Waals surface area contributed by atoms with E-state index in [4.69, 9.17) is 0 Å². The number of rotatable bonds is 1. The van der Waals surface area contributed by atoms with Gasteiger partial charge < -0.3 is 17.6 Å². The lowest BCUT2D eigenvalue weighted by atomic mass is 9.86. The molecule has 4 rings (SSSR count). The van der Waals surface area contributed by atoms with E-state index >= 15 is 8.63 Å². The quantitative estimate of drug-likeness (QED) is 0.395. The molecule has 1 aromatic carbocycles. The second kappa shape index (κ2) is 5.44. The van der Waals surface area contributed by atoms with Crippen LogP contribution in [0.3, 0.4) is 0 Å². The Hall–Kier alpha value is -1.61. The third-order valence-electron chi connectivity index (χ3n) is 4.44. The molecule has 2 aliphatic heterocycles. The van der Waals surface area contributed by atoms with Crippen molar-refractivity contribution in [2.75, 3.05) is 0 Å². The van der Waals surface area contributed by atoms with Gasteiger partial charge in [0, 0.05) is 39.3 Å². The van der Waals surface area contributed by atoms with Crippen molar-refractivity contribution in [3.05, 3.63) is 75.2 Å². The Morgan fingerprint density at radius 1 is 1.04 bits per heavy atom. The van der Waals surface area contributed by atoms with Crippen molar-refractivity contribution in [3.63, 3.8) is 0 Å². The maximum absolute atomic E-state index is 15.1. The first-order chi connectivity index (χ1) is 11.7. The molecule has 128 valence electrons. The minimum Gasteiger partial charge on any atom is -0.389 e. The number of nitrogens with zero attached hydrogens (tertiary/aromatic N) is 2. The molecular weight excluding hydrogens is 467 g/mol. The topological polar surface area (TPSA) is 7.94 Å². The van der Waals surface area contributed by atoms with Gasteiger partial charge in [0.2, 0.25) is 4.62 Å². The summed E-state index contributed by atoms with van der Waals surface area (Å²) in [5, 5.41) is 0. The summed E-state index contributed by atoms with van der Waals surface area (Å²) in [6.07, 6.45) is 3.00. The van der Waals surface area contributed by atoms with Gasteiger partial charge in [0.25, 0.3) is 0 Å². The van der Waals surface area contributed by atoms with Gasteiger partial charge in [0.1, 0.15) is 11.6 Å². The van der Waals surface area contributed by atoms with Gasteiger partial charge in [-0.3, -0.25) is 0 Å². The van der Waals surface area contributed by atoms with Crippen molar-refractivity contribution in [1.29, 1.82) is 0 Å². The zero-order valence-electron chi connectivity index (χ0n) is 12.7. The van der Waals surface area contributed by atoms with E-state index in [1.165, 1.54) is 43.3 Å². The summed E-state index contributed by atoms with van der Waals surface area (Å²) in [4.78, 5) is 0. The normalized spacial score (nSPS) is 18.0. The Bertz CT molecular complexity index is 1010. The van der Waals surface area contributed by atoms with Crippen molar-refractivity contribution in [2.24, 2.45) is 0 Å². The monoisotopic (exact) mass is 474 g/mol. The van der Waals surface area contributed by atoms with Crippen molar-refractivity contribution in [1.82, 2.24) is 4.48 Å². The van der Waals surface area contributed by atoms with Crippen LogP contribution in [-0.4, -0.2) is 20.6 Å². The van der Waals surface area contributed by atoms with E-state index in [2.05, 4.69) is 31.9 Å². The molecule has 0 N–H and O–H groups in total. The maximum Gasteiger partial charge on any atom is 0.738 e. The summed E-state index contributed by atoms with van der Waals surface area (Å²) in [7, 11) is 0. The van der Waals surface area contributed by atoms with Crippen LogP contribution in [0.1, 0.15) is 16.8 Å². The lowest BCUT2D eigenvalue weighted by molar-refractivity contribution is -0.358. The van der Waals surface area contributed by atoms with Gasteiger partial charge in [-0.25, -0.2) is 8.78 Å². The van der Waals surface area contributed by atoms with Crippen LogP contribution in [0.25, 0.3) is 5.57 Å². The minimum atomic E-state index is -4.16. The third-order valence-corrected chi connectivity index (χ3v) is 5.73. The van der Waals surface area contributed by atoms with E-state index in [0.717, 1.165) is 8.96 Å². The Kier molecular flexibility index (Phi) is 3.67. The van der Waals surface area contributed by atoms with Crippen molar-refractivity contribution in [2.45, 2.75) is 6.92 Å². The number of aromatic nitrogens is 1. The molecule has 0 amide bonds. The molecule has 0 saturated carbocycles. The van der Waals surface area contributed by atoms with Gasteiger partial charge in [0.15, 0.2) is 5.70 Å². The zero-order chi connectivity index (χ0) is 18.1. The van der Waals surface area contributed by atoms with Crippen LogP contribution < -0.4 is 0 Å². The first-order valence-corrected chi connectivity index (χ1v) is 8.92. The van der Waals surface area contributed by atoms with Gasteiger partial charge in [-0.1, -0.05) is 0 Å². The lowest BCUT2D eigenvalue weighted by Crippen LogP contribution is -2.50. The highest BCUT2D eigenvalue weighted by Crippen LogP contribution is 2.42.